The molecular formula is C9H18OS. The zero-order valence-electron chi connectivity index (χ0n) is 7.51. The van der Waals surface area contributed by atoms with Crippen molar-refractivity contribution in [1.82, 2.24) is 0 Å². The van der Waals surface area contributed by atoms with Gasteiger partial charge < -0.3 is 4.74 Å². The van der Waals surface area contributed by atoms with E-state index in [0.29, 0.717) is 6.10 Å². The Bertz CT molecular complexity index is 95.0. The van der Waals surface area contributed by atoms with Crippen molar-refractivity contribution in [1.29, 1.82) is 0 Å². The standard InChI is InChI=1S/C9H18OS/c1-8-3-5-9(6-4-8)10-7-11-2/h8-9H,3-7H2,1-2H3. The van der Waals surface area contributed by atoms with Gasteiger partial charge in [0.15, 0.2) is 0 Å². The van der Waals surface area contributed by atoms with Crippen LogP contribution in [0.2, 0.25) is 0 Å². The SMILES string of the molecule is CSCOC1CCC(C)CC1. The van der Waals surface area contributed by atoms with Crippen LogP contribution in [-0.2, 0) is 4.74 Å². The minimum absolute atomic E-state index is 0.568. The molecule has 0 heterocycles. The van der Waals surface area contributed by atoms with Crippen LogP contribution in [0.15, 0.2) is 0 Å². The lowest BCUT2D eigenvalue weighted by Gasteiger charge is -2.25. The molecule has 2 heteroatoms. The monoisotopic (exact) mass is 174 g/mol. The summed E-state index contributed by atoms with van der Waals surface area (Å²) >= 11 is 1.77. The highest BCUT2D eigenvalue weighted by atomic mass is 32.2. The van der Waals surface area contributed by atoms with Gasteiger partial charge in [-0.05, 0) is 37.9 Å². The molecule has 0 amide bonds. The van der Waals surface area contributed by atoms with E-state index in [2.05, 4.69) is 13.2 Å². The van der Waals surface area contributed by atoms with Crippen LogP contribution in [0.4, 0.5) is 0 Å². The van der Waals surface area contributed by atoms with Crippen molar-refractivity contribution in [3.8, 4) is 0 Å². The lowest BCUT2D eigenvalue weighted by atomic mass is 9.89. The molecule has 0 N–H and O–H groups in total. The minimum Gasteiger partial charge on any atom is -0.368 e. The molecule has 0 aliphatic heterocycles. The number of rotatable bonds is 3. The molecule has 11 heavy (non-hydrogen) atoms. The van der Waals surface area contributed by atoms with Gasteiger partial charge in [-0.2, -0.15) is 0 Å². The molecular weight excluding hydrogens is 156 g/mol. The maximum Gasteiger partial charge on any atom is 0.0921 e. The number of ether oxygens (including phenoxy) is 1. The molecule has 0 atom stereocenters. The van der Waals surface area contributed by atoms with E-state index < -0.39 is 0 Å². The number of thioether (sulfide) groups is 1. The second-order valence-corrected chi connectivity index (χ2v) is 4.27. The van der Waals surface area contributed by atoms with Gasteiger partial charge in [0.1, 0.15) is 0 Å². The van der Waals surface area contributed by atoms with Gasteiger partial charge in [0, 0.05) is 0 Å². The molecule has 1 aliphatic rings. The first-order valence-corrected chi connectivity index (χ1v) is 5.83. The Hall–Kier alpha value is 0.310. The molecule has 1 aliphatic carbocycles. The summed E-state index contributed by atoms with van der Waals surface area (Å²) in [6, 6.07) is 0. The predicted molar refractivity (Wildman–Crippen MR) is 50.9 cm³/mol. The molecule has 0 aromatic rings. The smallest absolute Gasteiger partial charge is 0.0921 e. The van der Waals surface area contributed by atoms with E-state index in [0.717, 1.165) is 11.9 Å². The van der Waals surface area contributed by atoms with Gasteiger partial charge >= 0.3 is 0 Å². The molecule has 0 spiro atoms. The van der Waals surface area contributed by atoms with Crippen LogP contribution in [0.25, 0.3) is 0 Å². The fraction of sp³-hybridized carbons (Fsp3) is 1.00. The highest BCUT2D eigenvalue weighted by Gasteiger charge is 2.17. The Morgan fingerprint density at radius 3 is 2.45 bits per heavy atom. The zero-order valence-corrected chi connectivity index (χ0v) is 8.32. The third-order valence-corrected chi connectivity index (χ3v) is 2.76. The second-order valence-electron chi connectivity index (χ2n) is 3.46. The average Bonchev–Trinajstić information content (AvgIpc) is 2.04. The van der Waals surface area contributed by atoms with Gasteiger partial charge in [-0.3, -0.25) is 0 Å². The number of hydrogen-bond acceptors (Lipinski definition) is 2. The minimum atomic E-state index is 0.568. The summed E-state index contributed by atoms with van der Waals surface area (Å²) in [5.74, 6) is 1.81. The van der Waals surface area contributed by atoms with Crippen molar-refractivity contribution in [2.24, 2.45) is 5.92 Å². The van der Waals surface area contributed by atoms with Crippen molar-refractivity contribution in [3.63, 3.8) is 0 Å². The van der Waals surface area contributed by atoms with Gasteiger partial charge in [-0.1, -0.05) is 6.92 Å². The summed E-state index contributed by atoms with van der Waals surface area (Å²) in [5, 5.41) is 0. The summed E-state index contributed by atoms with van der Waals surface area (Å²) in [6.45, 7) is 2.34. The highest BCUT2D eigenvalue weighted by Crippen LogP contribution is 2.25. The van der Waals surface area contributed by atoms with Gasteiger partial charge in [-0.25, -0.2) is 0 Å². The summed E-state index contributed by atoms with van der Waals surface area (Å²) in [5.41, 5.74) is 0. The van der Waals surface area contributed by atoms with Crippen LogP contribution in [0.5, 0.6) is 0 Å². The van der Waals surface area contributed by atoms with Crippen molar-refractivity contribution in [3.05, 3.63) is 0 Å². The van der Waals surface area contributed by atoms with Crippen LogP contribution in [0, 0.1) is 5.92 Å². The summed E-state index contributed by atoms with van der Waals surface area (Å²) in [7, 11) is 0. The highest BCUT2D eigenvalue weighted by molar-refractivity contribution is 7.98. The van der Waals surface area contributed by atoms with E-state index in [-0.39, 0.29) is 0 Å². The van der Waals surface area contributed by atoms with E-state index in [1.807, 2.05) is 0 Å². The average molecular weight is 174 g/mol. The van der Waals surface area contributed by atoms with Gasteiger partial charge in [0.2, 0.25) is 0 Å². The fourth-order valence-electron chi connectivity index (χ4n) is 1.56. The summed E-state index contributed by atoms with van der Waals surface area (Å²) in [6.07, 6.45) is 7.94. The van der Waals surface area contributed by atoms with E-state index in [1.54, 1.807) is 11.8 Å². The van der Waals surface area contributed by atoms with E-state index in [9.17, 15) is 0 Å². The Morgan fingerprint density at radius 1 is 1.27 bits per heavy atom. The first-order chi connectivity index (χ1) is 5.33. The van der Waals surface area contributed by atoms with Crippen LogP contribution >= 0.6 is 11.8 Å². The zero-order chi connectivity index (χ0) is 8.10. The third kappa shape index (κ3) is 3.48. The van der Waals surface area contributed by atoms with Crippen LogP contribution in [-0.4, -0.2) is 18.3 Å². The first-order valence-electron chi connectivity index (χ1n) is 4.43. The first kappa shape index (κ1) is 9.40. The fourth-order valence-corrected chi connectivity index (χ4v) is 1.89. The van der Waals surface area contributed by atoms with Crippen molar-refractivity contribution in [2.45, 2.75) is 38.7 Å². The summed E-state index contributed by atoms with van der Waals surface area (Å²) < 4.78 is 5.64. The molecule has 66 valence electrons. The molecule has 1 fully saturated rings. The van der Waals surface area contributed by atoms with Crippen LogP contribution < -0.4 is 0 Å². The molecule has 0 saturated heterocycles. The number of hydrogen-bond donors (Lipinski definition) is 0. The van der Waals surface area contributed by atoms with Crippen molar-refractivity contribution in [2.75, 3.05) is 12.2 Å². The molecule has 0 aromatic heterocycles. The lowest BCUT2D eigenvalue weighted by Crippen LogP contribution is -2.20. The molecule has 0 bridgehead atoms. The van der Waals surface area contributed by atoms with Gasteiger partial charge in [0.05, 0.1) is 12.0 Å². The van der Waals surface area contributed by atoms with Crippen LogP contribution in [0.3, 0.4) is 0 Å². The molecule has 1 saturated carbocycles. The second kappa shape index (κ2) is 5.04. The van der Waals surface area contributed by atoms with E-state index >= 15 is 0 Å². The van der Waals surface area contributed by atoms with Crippen molar-refractivity contribution < 1.29 is 4.74 Å². The largest absolute Gasteiger partial charge is 0.368 e. The molecule has 1 nitrogen and oxygen atoms in total. The normalized spacial score (nSPS) is 32.2. The third-order valence-electron chi connectivity index (χ3n) is 2.38. The molecule has 0 aromatic carbocycles. The quantitative estimate of drug-likeness (QED) is 0.608. The van der Waals surface area contributed by atoms with Gasteiger partial charge in [0.25, 0.3) is 0 Å². The Morgan fingerprint density at radius 2 is 1.91 bits per heavy atom. The maximum absolute atomic E-state index is 5.64. The lowest BCUT2D eigenvalue weighted by molar-refractivity contribution is 0.0495. The molecule has 0 unspecified atom stereocenters. The van der Waals surface area contributed by atoms with Crippen LogP contribution in [0.1, 0.15) is 32.6 Å². The predicted octanol–water partition coefficient (Wildman–Crippen LogP) is 2.90. The Labute approximate surface area is 73.9 Å². The van der Waals surface area contributed by atoms with E-state index in [1.165, 1.54) is 25.7 Å². The van der Waals surface area contributed by atoms with E-state index in [4.69, 9.17) is 4.74 Å². The molecule has 0 radical (unpaired) electrons. The summed E-state index contributed by atoms with van der Waals surface area (Å²) in [4.78, 5) is 0. The Balaban J connectivity index is 2.07. The molecule has 1 rings (SSSR count). The maximum atomic E-state index is 5.64. The topological polar surface area (TPSA) is 9.23 Å². The Kier molecular flexibility index (Phi) is 4.31. The van der Waals surface area contributed by atoms with Crippen molar-refractivity contribution >= 4 is 11.8 Å². The van der Waals surface area contributed by atoms with Gasteiger partial charge in [-0.15, -0.1) is 11.8 Å².